The number of primary sulfonamides is 1. The number of para-hydroxylation sites is 2. The van der Waals surface area contributed by atoms with Gasteiger partial charge in [-0.05, 0) is 42.1 Å². The van der Waals surface area contributed by atoms with Crippen molar-refractivity contribution in [1.82, 2.24) is 4.98 Å². The quantitative estimate of drug-likeness (QED) is 0.715. The van der Waals surface area contributed by atoms with Crippen LogP contribution in [0.5, 0.6) is 0 Å². The van der Waals surface area contributed by atoms with Crippen molar-refractivity contribution >= 4 is 38.6 Å². The van der Waals surface area contributed by atoms with Gasteiger partial charge in [-0.2, -0.15) is 0 Å². The summed E-state index contributed by atoms with van der Waals surface area (Å²) in [5, 5.41) is 5.49. The van der Waals surface area contributed by atoms with Gasteiger partial charge < -0.3 is 10.2 Å². The molecule has 0 fully saturated rings. The first-order chi connectivity index (χ1) is 9.93. The molecule has 8 heteroatoms. The number of benzene rings is 2. The van der Waals surface area contributed by atoms with Crippen molar-refractivity contribution in [2.24, 2.45) is 5.14 Å². The number of rotatable bonds is 3. The summed E-state index contributed by atoms with van der Waals surface area (Å²) in [5.74, 6) is 0. The topological polar surface area (TPSA) is 112 Å². The third kappa shape index (κ3) is 2.87. The number of nitrogens with zero attached hydrogens (tertiary/aromatic N) is 1. The van der Waals surface area contributed by atoms with Crippen LogP contribution in [0, 0.1) is 0 Å². The Labute approximate surface area is 125 Å². The Morgan fingerprint density at radius 3 is 2.57 bits per heavy atom. The summed E-state index contributed by atoms with van der Waals surface area (Å²) in [5.41, 5.74) is 7.58. The molecular weight excluding hydrogens is 310 g/mol. The number of anilines is 1. The smallest absolute Gasteiger partial charge is 0.261 e. The van der Waals surface area contributed by atoms with Crippen LogP contribution in [0.25, 0.3) is 11.1 Å². The van der Waals surface area contributed by atoms with Crippen molar-refractivity contribution < 1.29 is 12.8 Å². The maximum atomic E-state index is 11.3. The summed E-state index contributed by atoms with van der Waals surface area (Å²) in [6.07, 6.45) is 0. The monoisotopic (exact) mass is 321 g/mol. The van der Waals surface area contributed by atoms with E-state index in [-0.39, 0.29) is 4.90 Å². The fourth-order valence-corrected chi connectivity index (χ4v) is 3.11. The lowest BCUT2D eigenvalue weighted by molar-refractivity contribution is 0.489. The Kier molecular flexibility index (Phi) is 3.36. The zero-order valence-electron chi connectivity index (χ0n) is 10.7. The SMILES string of the molecule is Nc1cc(S(N)(=O)=O)ccc1Sc1nc2ccccc2o1. The molecule has 0 radical (unpaired) electrons. The van der Waals surface area contributed by atoms with E-state index in [0.717, 1.165) is 5.52 Å². The first-order valence-corrected chi connectivity index (χ1v) is 8.25. The minimum atomic E-state index is -3.76. The minimum Gasteiger partial charge on any atom is -0.431 e. The van der Waals surface area contributed by atoms with Gasteiger partial charge in [0.1, 0.15) is 5.52 Å². The molecule has 3 rings (SSSR count). The van der Waals surface area contributed by atoms with Crippen LogP contribution in [-0.2, 0) is 10.0 Å². The molecule has 6 nitrogen and oxygen atoms in total. The second-order valence-electron chi connectivity index (χ2n) is 4.29. The van der Waals surface area contributed by atoms with E-state index in [1.165, 1.54) is 23.9 Å². The summed E-state index contributed by atoms with van der Waals surface area (Å²) in [6, 6.07) is 11.7. The lowest BCUT2D eigenvalue weighted by Gasteiger charge is -2.04. The fourth-order valence-electron chi connectivity index (χ4n) is 1.79. The van der Waals surface area contributed by atoms with Gasteiger partial charge in [-0.25, -0.2) is 18.5 Å². The molecule has 108 valence electrons. The van der Waals surface area contributed by atoms with Gasteiger partial charge in [0.25, 0.3) is 5.22 Å². The number of hydrogen-bond acceptors (Lipinski definition) is 6. The predicted octanol–water partition coefficient (Wildman–Crippen LogP) is 2.21. The van der Waals surface area contributed by atoms with E-state index in [4.69, 9.17) is 15.3 Å². The summed E-state index contributed by atoms with van der Waals surface area (Å²) in [7, 11) is -3.76. The van der Waals surface area contributed by atoms with Gasteiger partial charge >= 0.3 is 0 Å². The molecule has 1 heterocycles. The van der Waals surface area contributed by atoms with E-state index in [2.05, 4.69) is 4.98 Å². The van der Waals surface area contributed by atoms with Crippen molar-refractivity contribution in [2.45, 2.75) is 15.0 Å². The molecule has 0 bridgehead atoms. The predicted molar refractivity (Wildman–Crippen MR) is 80.4 cm³/mol. The van der Waals surface area contributed by atoms with Gasteiger partial charge in [-0.3, -0.25) is 0 Å². The normalized spacial score (nSPS) is 11.9. The van der Waals surface area contributed by atoms with Gasteiger partial charge in [-0.1, -0.05) is 12.1 Å². The highest BCUT2D eigenvalue weighted by Gasteiger charge is 2.13. The summed E-state index contributed by atoms with van der Waals surface area (Å²) in [4.78, 5) is 4.94. The van der Waals surface area contributed by atoms with Gasteiger partial charge in [0, 0.05) is 10.6 Å². The number of nitrogen functional groups attached to an aromatic ring is 1. The Morgan fingerprint density at radius 1 is 1.14 bits per heavy atom. The van der Waals surface area contributed by atoms with E-state index in [1.807, 2.05) is 24.3 Å². The summed E-state index contributed by atoms with van der Waals surface area (Å²) in [6.45, 7) is 0. The van der Waals surface area contributed by atoms with Crippen LogP contribution in [0.15, 0.2) is 61.9 Å². The van der Waals surface area contributed by atoms with Crippen LogP contribution in [0.3, 0.4) is 0 Å². The first-order valence-electron chi connectivity index (χ1n) is 5.89. The van der Waals surface area contributed by atoms with Gasteiger partial charge in [0.15, 0.2) is 5.58 Å². The Morgan fingerprint density at radius 2 is 1.90 bits per heavy atom. The molecule has 21 heavy (non-hydrogen) atoms. The highest BCUT2D eigenvalue weighted by Crippen LogP contribution is 2.34. The highest BCUT2D eigenvalue weighted by atomic mass is 32.2. The van der Waals surface area contributed by atoms with Crippen LogP contribution in [0.1, 0.15) is 0 Å². The summed E-state index contributed by atoms with van der Waals surface area (Å²) >= 11 is 1.22. The van der Waals surface area contributed by atoms with Crippen molar-refractivity contribution in [3.8, 4) is 0 Å². The molecule has 0 saturated heterocycles. The molecule has 3 aromatic rings. The highest BCUT2D eigenvalue weighted by molar-refractivity contribution is 7.99. The first kappa shape index (κ1) is 13.9. The molecule has 0 aliphatic carbocycles. The average molecular weight is 321 g/mol. The molecule has 0 amide bonds. The van der Waals surface area contributed by atoms with Crippen molar-refractivity contribution in [1.29, 1.82) is 0 Å². The van der Waals surface area contributed by atoms with Crippen LogP contribution in [0.2, 0.25) is 0 Å². The van der Waals surface area contributed by atoms with Crippen molar-refractivity contribution in [3.05, 3.63) is 42.5 Å². The number of hydrogen-bond donors (Lipinski definition) is 2. The van der Waals surface area contributed by atoms with E-state index in [0.29, 0.717) is 21.4 Å². The zero-order valence-corrected chi connectivity index (χ0v) is 12.3. The fraction of sp³-hybridized carbons (Fsp3) is 0. The molecule has 4 N–H and O–H groups in total. The number of nitrogens with two attached hydrogens (primary N) is 2. The Balaban J connectivity index is 1.94. The molecule has 0 aliphatic rings. The maximum absolute atomic E-state index is 11.3. The van der Waals surface area contributed by atoms with Crippen LogP contribution < -0.4 is 10.9 Å². The third-order valence-electron chi connectivity index (χ3n) is 2.78. The molecule has 0 aliphatic heterocycles. The lowest BCUT2D eigenvalue weighted by Crippen LogP contribution is -2.12. The van der Waals surface area contributed by atoms with Gasteiger partial charge in [0.05, 0.1) is 4.90 Å². The molecule has 0 saturated carbocycles. The molecular formula is C13H11N3O3S2. The second kappa shape index (κ2) is 5.06. The zero-order chi connectivity index (χ0) is 15.0. The third-order valence-corrected chi connectivity index (χ3v) is 4.63. The molecule has 1 aromatic heterocycles. The maximum Gasteiger partial charge on any atom is 0.261 e. The van der Waals surface area contributed by atoms with Crippen LogP contribution in [0.4, 0.5) is 5.69 Å². The number of aromatic nitrogens is 1. The van der Waals surface area contributed by atoms with E-state index in [1.54, 1.807) is 6.07 Å². The Hall–Kier alpha value is -2.03. The number of oxazole rings is 1. The number of sulfonamides is 1. The molecule has 2 aromatic carbocycles. The van der Waals surface area contributed by atoms with Crippen molar-refractivity contribution in [2.75, 3.05) is 5.73 Å². The van der Waals surface area contributed by atoms with E-state index < -0.39 is 10.0 Å². The summed E-state index contributed by atoms with van der Waals surface area (Å²) < 4.78 is 28.1. The molecule has 0 atom stereocenters. The second-order valence-corrected chi connectivity index (χ2v) is 6.85. The largest absolute Gasteiger partial charge is 0.431 e. The van der Waals surface area contributed by atoms with Gasteiger partial charge in [-0.15, -0.1) is 0 Å². The van der Waals surface area contributed by atoms with E-state index >= 15 is 0 Å². The molecule has 0 spiro atoms. The van der Waals surface area contributed by atoms with Crippen molar-refractivity contribution in [3.63, 3.8) is 0 Å². The van der Waals surface area contributed by atoms with Gasteiger partial charge in [0.2, 0.25) is 10.0 Å². The standard InChI is InChI=1S/C13H11N3O3S2/c14-9-7-8(21(15,17)18)5-6-12(9)20-13-16-10-3-1-2-4-11(10)19-13/h1-7H,14H2,(H2,15,17,18). The lowest BCUT2D eigenvalue weighted by atomic mass is 10.3. The Bertz CT molecular complexity index is 886. The van der Waals surface area contributed by atoms with E-state index in [9.17, 15) is 8.42 Å². The van der Waals surface area contributed by atoms with Crippen LogP contribution >= 0.6 is 11.8 Å². The molecule has 0 unspecified atom stereocenters. The van der Waals surface area contributed by atoms with Crippen LogP contribution in [-0.4, -0.2) is 13.4 Å². The number of fused-ring (bicyclic) bond motifs is 1. The average Bonchev–Trinajstić information content (AvgIpc) is 2.82. The minimum absolute atomic E-state index is 0.0260.